The topological polar surface area (TPSA) is 76.0 Å². The van der Waals surface area contributed by atoms with Crippen molar-refractivity contribution in [1.82, 2.24) is 15.1 Å². The number of hydrogen-bond donors (Lipinski definition) is 2. The lowest BCUT2D eigenvalue weighted by atomic mass is 10.3. The summed E-state index contributed by atoms with van der Waals surface area (Å²) in [5.41, 5.74) is 1.66. The average molecular weight is 461 g/mol. The van der Waals surface area contributed by atoms with E-state index < -0.39 is 23.4 Å². The minimum absolute atomic E-state index is 0.0960. The second-order valence-electron chi connectivity index (χ2n) is 6.66. The van der Waals surface area contributed by atoms with E-state index in [1.807, 2.05) is 19.1 Å². The van der Waals surface area contributed by atoms with Gasteiger partial charge >= 0.3 is 0 Å². The Bertz CT molecular complexity index is 1300. The number of benzene rings is 2. The quantitative estimate of drug-likeness (QED) is 0.453. The Labute approximate surface area is 184 Å². The maximum Gasteiger partial charge on any atom is 0.261 e. The van der Waals surface area contributed by atoms with E-state index in [4.69, 9.17) is 11.6 Å². The van der Waals surface area contributed by atoms with Crippen molar-refractivity contribution in [3.8, 4) is 5.69 Å². The molecule has 0 radical (unpaired) electrons. The van der Waals surface area contributed by atoms with Gasteiger partial charge < -0.3 is 10.6 Å². The first-order chi connectivity index (χ1) is 14.8. The number of halogens is 3. The summed E-state index contributed by atoms with van der Waals surface area (Å²) in [6.45, 7) is 1.52. The molecule has 0 aliphatic rings. The number of carbonyl (C=O) groups excluding carboxylic acids is 2. The highest BCUT2D eigenvalue weighted by Gasteiger charge is 2.18. The molecule has 0 saturated heterocycles. The van der Waals surface area contributed by atoms with Crippen LogP contribution in [0.4, 0.5) is 14.5 Å². The number of anilines is 1. The van der Waals surface area contributed by atoms with Crippen LogP contribution in [0.25, 0.3) is 15.9 Å². The van der Waals surface area contributed by atoms with Gasteiger partial charge in [-0.25, -0.2) is 13.5 Å². The third-order valence-electron chi connectivity index (χ3n) is 4.45. The Morgan fingerprint density at radius 2 is 1.84 bits per heavy atom. The molecule has 31 heavy (non-hydrogen) atoms. The van der Waals surface area contributed by atoms with Crippen LogP contribution in [0, 0.1) is 18.6 Å². The number of aryl methyl sites for hydroxylation is 1. The Morgan fingerprint density at radius 1 is 1.10 bits per heavy atom. The minimum atomic E-state index is -1.07. The zero-order valence-electron chi connectivity index (χ0n) is 16.1. The maximum absolute atomic E-state index is 13.2. The Morgan fingerprint density at radius 3 is 2.55 bits per heavy atom. The highest BCUT2D eigenvalue weighted by atomic mass is 35.5. The lowest BCUT2D eigenvalue weighted by molar-refractivity contribution is -0.115. The first-order valence-corrected chi connectivity index (χ1v) is 10.3. The largest absolute Gasteiger partial charge is 0.342 e. The summed E-state index contributed by atoms with van der Waals surface area (Å²) in [7, 11) is 0. The van der Waals surface area contributed by atoms with E-state index >= 15 is 0 Å². The van der Waals surface area contributed by atoms with Crippen LogP contribution in [0.2, 0.25) is 5.02 Å². The molecule has 0 bridgehead atoms. The molecule has 2 amide bonds. The van der Waals surface area contributed by atoms with Crippen molar-refractivity contribution in [2.24, 2.45) is 0 Å². The van der Waals surface area contributed by atoms with Crippen molar-refractivity contribution in [2.75, 3.05) is 11.9 Å². The fourth-order valence-corrected chi connectivity index (χ4v) is 4.17. The molecular formula is C21H15ClF2N4O2S. The third kappa shape index (κ3) is 4.42. The summed E-state index contributed by atoms with van der Waals surface area (Å²) >= 11 is 7.19. The van der Waals surface area contributed by atoms with Gasteiger partial charge in [-0.05, 0) is 49.4 Å². The van der Waals surface area contributed by atoms with E-state index in [1.54, 1.807) is 22.9 Å². The van der Waals surface area contributed by atoms with Crippen molar-refractivity contribution in [1.29, 1.82) is 0 Å². The number of fused-ring (bicyclic) bond motifs is 1. The second-order valence-corrected chi connectivity index (χ2v) is 8.13. The van der Waals surface area contributed by atoms with Crippen LogP contribution in [-0.2, 0) is 4.79 Å². The summed E-state index contributed by atoms with van der Waals surface area (Å²) in [6, 6.07) is 11.9. The molecule has 0 saturated carbocycles. The Hall–Kier alpha value is -3.30. The predicted molar refractivity (Wildman–Crippen MR) is 116 cm³/mol. The van der Waals surface area contributed by atoms with Gasteiger partial charge in [0.2, 0.25) is 5.91 Å². The van der Waals surface area contributed by atoms with E-state index in [-0.39, 0.29) is 12.2 Å². The molecule has 4 aromatic rings. The number of amides is 2. The number of thiophene rings is 1. The van der Waals surface area contributed by atoms with Crippen molar-refractivity contribution < 1.29 is 18.4 Å². The lowest BCUT2D eigenvalue weighted by Gasteiger charge is -2.06. The van der Waals surface area contributed by atoms with Crippen LogP contribution in [0.3, 0.4) is 0 Å². The van der Waals surface area contributed by atoms with Gasteiger partial charge in [0.1, 0.15) is 4.83 Å². The van der Waals surface area contributed by atoms with Gasteiger partial charge in [-0.1, -0.05) is 11.6 Å². The number of carbonyl (C=O) groups is 2. The maximum atomic E-state index is 13.2. The van der Waals surface area contributed by atoms with E-state index in [0.29, 0.717) is 9.90 Å². The zero-order valence-corrected chi connectivity index (χ0v) is 17.7. The highest BCUT2D eigenvalue weighted by Crippen LogP contribution is 2.30. The van der Waals surface area contributed by atoms with Crippen LogP contribution in [0.5, 0.6) is 0 Å². The number of hydrogen-bond acceptors (Lipinski definition) is 4. The van der Waals surface area contributed by atoms with Crippen LogP contribution in [0.1, 0.15) is 15.4 Å². The fraction of sp³-hybridized carbons (Fsp3) is 0.0952. The van der Waals surface area contributed by atoms with Gasteiger partial charge in [0, 0.05) is 22.2 Å². The van der Waals surface area contributed by atoms with Gasteiger partial charge in [-0.15, -0.1) is 11.3 Å². The standard InChI is InChI=1S/C21H15ClF2N4O2S/c1-11-15-9-18(31-21(15)28(27-11)14-5-2-12(22)3-6-14)20(30)25-10-19(29)26-13-4-7-16(23)17(24)8-13/h2-9H,10H2,1H3,(H,25,30)(H,26,29). The smallest absolute Gasteiger partial charge is 0.261 e. The van der Waals surface area contributed by atoms with Crippen LogP contribution < -0.4 is 10.6 Å². The molecule has 6 nitrogen and oxygen atoms in total. The van der Waals surface area contributed by atoms with Crippen LogP contribution in [0.15, 0.2) is 48.5 Å². The number of nitrogens with one attached hydrogen (secondary N) is 2. The molecule has 0 fully saturated rings. The predicted octanol–water partition coefficient (Wildman–Crippen LogP) is 4.70. The molecule has 0 unspecified atom stereocenters. The molecule has 158 valence electrons. The van der Waals surface area contributed by atoms with E-state index in [0.717, 1.165) is 33.7 Å². The summed E-state index contributed by atoms with van der Waals surface area (Å²) < 4.78 is 27.9. The van der Waals surface area contributed by atoms with Crippen molar-refractivity contribution >= 4 is 50.7 Å². The molecule has 0 spiro atoms. The summed E-state index contributed by atoms with van der Waals surface area (Å²) in [5.74, 6) is -3.08. The Kier molecular flexibility index (Phi) is 5.71. The summed E-state index contributed by atoms with van der Waals surface area (Å²) in [4.78, 5) is 25.8. The average Bonchev–Trinajstić information content (AvgIpc) is 3.30. The molecule has 10 heteroatoms. The molecular weight excluding hydrogens is 446 g/mol. The number of rotatable bonds is 5. The molecule has 0 aliphatic carbocycles. The molecule has 2 heterocycles. The van der Waals surface area contributed by atoms with Gasteiger partial charge in [-0.2, -0.15) is 5.10 Å². The Balaban J connectivity index is 1.46. The number of nitrogens with zero attached hydrogens (tertiary/aromatic N) is 2. The third-order valence-corrected chi connectivity index (χ3v) is 5.81. The van der Waals surface area contributed by atoms with Crippen molar-refractivity contribution in [3.05, 3.63) is 75.8 Å². The van der Waals surface area contributed by atoms with Gasteiger partial charge in [0.05, 0.1) is 22.8 Å². The highest BCUT2D eigenvalue weighted by molar-refractivity contribution is 7.20. The van der Waals surface area contributed by atoms with Crippen LogP contribution >= 0.6 is 22.9 Å². The van der Waals surface area contributed by atoms with E-state index in [2.05, 4.69) is 15.7 Å². The SMILES string of the molecule is Cc1nn(-c2ccc(Cl)cc2)c2sc(C(=O)NCC(=O)Nc3ccc(F)c(F)c3)cc12. The first-order valence-electron chi connectivity index (χ1n) is 9.10. The zero-order chi connectivity index (χ0) is 22.1. The van der Waals surface area contributed by atoms with Crippen molar-refractivity contribution in [3.63, 3.8) is 0 Å². The van der Waals surface area contributed by atoms with E-state index in [9.17, 15) is 18.4 Å². The van der Waals surface area contributed by atoms with Gasteiger partial charge in [-0.3, -0.25) is 9.59 Å². The van der Waals surface area contributed by atoms with Gasteiger partial charge in [0.15, 0.2) is 11.6 Å². The van der Waals surface area contributed by atoms with E-state index in [1.165, 1.54) is 17.4 Å². The molecule has 2 N–H and O–H groups in total. The normalized spacial score (nSPS) is 11.0. The van der Waals surface area contributed by atoms with Crippen LogP contribution in [-0.4, -0.2) is 28.1 Å². The number of aromatic nitrogens is 2. The lowest BCUT2D eigenvalue weighted by Crippen LogP contribution is -2.32. The van der Waals surface area contributed by atoms with Crippen molar-refractivity contribution in [2.45, 2.75) is 6.92 Å². The second kappa shape index (κ2) is 8.44. The molecule has 2 aromatic carbocycles. The first kappa shape index (κ1) is 21.0. The van der Waals surface area contributed by atoms with Gasteiger partial charge in [0.25, 0.3) is 5.91 Å². The monoisotopic (exact) mass is 460 g/mol. The molecule has 0 atom stereocenters. The summed E-state index contributed by atoms with van der Waals surface area (Å²) in [6.07, 6.45) is 0. The minimum Gasteiger partial charge on any atom is -0.342 e. The molecule has 4 rings (SSSR count). The fourth-order valence-electron chi connectivity index (χ4n) is 2.94. The molecule has 0 aliphatic heterocycles. The molecule has 2 aromatic heterocycles. The summed E-state index contributed by atoms with van der Waals surface area (Å²) in [5, 5.41) is 10.9.